The van der Waals surface area contributed by atoms with E-state index in [0.717, 1.165) is 19.3 Å². The molecule has 0 radical (unpaired) electrons. The first-order chi connectivity index (χ1) is 16.0. The average Bonchev–Trinajstić information content (AvgIpc) is 2.88. The minimum atomic E-state index is -0.658. The van der Waals surface area contributed by atoms with Gasteiger partial charge in [-0.25, -0.2) is 4.39 Å². The maximum absolute atomic E-state index is 13.4. The minimum absolute atomic E-state index is 0.0108. The molecule has 0 saturated carbocycles. The number of nitrogens with one attached hydrogen (secondary N) is 1. The van der Waals surface area contributed by atoms with Crippen LogP contribution in [0.2, 0.25) is 0 Å². The molecule has 4 rings (SSSR count). The number of amides is 3. The summed E-state index contributed by atoms with van der Waals surface area (Å²) in [6.07, 6.45) is 4.30. The summed E-state index contributed by atoms with van der Waals surface area (Å²) in [6.45, 7) is 2.48. The first kappa shape index (κ1) is 23.0. The van der Waals surface area contributed by atoms with Gasteiger partial charge in [0.15, 0.2) is 0 Å². The third-order valence-electron chi connectivity index (χ3n) is 6.65. The molecule has 33 heavy (non-hydrogen) atoms. The molecule has 1 N–H and O–H groups in total. The van der Waals surface area contributed by atoms with Crippen LogP contribution < -0.4 is 5.32 Å². The van der Waals surface area contributed by atoms with Crippen molar-refractivity contribution in [2.24, 2.45) is 5.92 Å². The Kier molecular flexibility index (Phi) is 7.37. The highest BCUT2D eigenvalue weighted by Gasteiger charge is 2.36. The van der Waals surface area contributed by atoms with Gasteiger partial charge in [-0.1, -0.05) is 18.2 Å². The number of halogens is 1. The zero-order valence-electron chi connectivity index (χ0n) is 18.7. The molecular formula is C26H30FN3O3. The Morgan fingerprint density at radius 3 is 2.06 bits per heavy atom. The lowest BCUT2D eigenvalue weighted by Gasteiger charge is -2.38. The summed E-state index contributed by atoms with van der Waals surface area (Å²) >= 11 is 0. The summed E-state index contributed by atoms with van der Waals surface area (Å²) in [7, 11) is 0. The van der Waals surface area contributed by atoms with Crippen molar-refractivity contribution in [3.05, 3.63) is 71.5 Å². The number of hydrogen-bond acceptors (Lipinski definition) is 3. The predicted molar refractivity (Wildman–Crippen MR) is 123 cm³/mol. The topological polar surface area (TPSA) is 69.7 Å². The Labute approximate surface area is 193 Å². The fraction of sp³-hybridized carbons (Fsp3) is 0.423. The maximum Gasteiger partial charge on any atom is 0.253 e. The highest BCUT2D eigenvalue weighted by Crippen LogP contribution is 2.25. The summed E-state index contributed by atoms with van der Waals surface area (Å²) < 4.78 is 13.3. The van der Waals surface area contributed by atoms with Crippen molar-refractivity contribution < 1.29 is 18.8 Å². The van der Waals surface area contributed by atoms with Crippen molar-refractivity contribution in [1.29, 1.82) is 0 Å². The van der Waals surface area contributed by atoms with Gasteiger partial charge in [0.2, 0.25) is 5.91 Å². The van der Waals surface area contributed by atoms with E-state index >= 15 is 0 Å². The Morgan fingerprint density at radius 1 is 0.788 bits per heavy atom. The lowest BCUT2D eigenvalue weighted by atomic mass is 9.87. The van der Waals surface area contributed by atoms with E-state index in [1.54, 1.807) is 12.1 Å². The maximum atomic E-state index is 13.4. The van der Waals surface area contributed by atoms with Crippen molar-refractivity contribution in [3.63, 3.8) is 0 Å². The third kappa shape index (κ3) is 5.59. The molecule has 6 nitrogen and oxygen atoms in total. The summed E-state index contributed by atoms with van der Waals surface area (Å²) in [5, 5.41) is 2.94. The largest absolute Gasteiger partial charge is 0.341 e. The van der Waals surface area contributed by atoms with E-state index in [1.807, 2.05) is 28.0 Å². The SMILES string of the molecule is O=C(NC(C(=O)N1CCCCC1)C1CCN(C(=O)c2ccccc2)CC1)c1ccc(F)cc1. The second-order valence-electron chi connectivity index (χ2n) is 8.84. The molecule has 2 aromatic carbocycles. The second kappa shape index (κ2) is 10.6. The molecule has 174 valence electrons. The molecule has 2 aliphatic rings. The van der Waals surface area contributed by atoms with E-state index in [9.17, 15) is 18.8 Å². The molecular weight excluding hydrogens is 421 g/mol. The molecule has 0 spiro atoms. The van der Waals surface area contributed by atoms with Crippen LogP contribution in [0, 0.1) is 11.7 Å². The van der Waals surface area contributed by atoms with Crippen molar-refractivity contribution in [2.75, 3.05) is 26.2 Å². The van der Waals surface area contributed by atoms with Gasteiger partial charge in [0.05, 0.1) is 0 Å². The Hall–Kier alpha value is -3.22. The Balaban J connectivity index is 1.46. The summed E-state index contributed by atoms with van der Waals surface area (Å²) in [5.74, 6) is -0.930. The van der Waals surface area contributed by atoms with Gasteiger partial charge in [-0.3, -0.25) is 14.4 Å². The van der Waals surface area contributed by atoms with E-state index in [2.05, 4.69) is 5.32 Å². The molecule has 7 heteroatoms. The quantitative estimate of drug-likeness (QED) is 0.757. The van der Waals surface area contributed by atoms with Crippen LogP contribution in [0.4, 0.5) is 4.39 Å². The second-order valence-corrected chi connectivity index (χ2v) is 8.84. The van der Waals surface area contributed by atoms with E-state index in [0.29, 0.717) is 50.1 Å². The van der Waals surface area contributed by atoms with E-state index in [-0.39, 0.29) is 23.6 Å². The van der Waals surface area contributed by atoms with Crippen molar-refractivity contribution >= 4 is 17.7 Å². The van der Waals surface area contributed by atoms with Crippen LogP contribution in [0.3, 0.4) is 0 Å². The van der Waals surface area contributed by atoms with Gasteiger partial charge in [-0.2, -0.15) is 0 Å². The highest BCUT2D eigenvalue weighted by molar-refractivity contribution is 5.97. The molecule has 2 heterocycles. The van der Waals surface area contributed by atoms with Gasteiger partial charge in [0.1, 0.15) is 11.9 Å². The van der Waals surface area contributed by atoms with Crippen molar-refractivity contribution in [1.82, 2.24) is 15.1 Å². The number of hydrogen-bond donors (Lipinski definition) is 1. The van der Waals surface area contributed by atoms with Gasteiger partial charge >= 0.3 is 0 Å². The van der Waals surface area contributed by atoms with Gasteiger partial charge in [-0.15, -0.1) is 0 Å². The number of likely N-dealkylation sites (tertiary alicyclic amines) is 2. The van der Waals surface area contributed by atoms with E-state index in [1.165, 1.54) is 24.3 Å². The van der Waals surface area contributed by atoms with Crippen molar-refractivity contribution in [3.8, 4) is 0 Å². The van der Waals surface area contributed by atoms with Gasteiger partial charge in [-0.05, 0) is 74.4 Å². The molecule has 1 unspecified atom stereocenters. The lowest BCUT2D eigenvalue weighted by Crippen LogP contribution is -2.55. The van der Waals surface area contributed by atoms with Crippen LogP contribution in [-0.4, -0.2) is 59.7 Å². The summed E-state index contributed by atoms with van der Waals surface area (Å²) in [4.78, 5) is 42.8. The number of piperidine rings is 2. The van der Waals surface area contributed by atoms with Crippen molar-refractivity contribution in [2.45, 2.75) is 38.1 Å². The lowest BCUT2D eigenvalue weighted by molar-refractivity contribution is -0.136. The number of carbonyl (C=O) groups is 3. The smallest absolute Gasteiger partial charge is 0.253 e. The molecule has 1 atom stereocenters. The standard InChI is InChI=1S/C26H30FN3O3/c27-22-11-9-20(10-12-22)24(31)28-23(26(33)29-15-5-2-6-16-29)19-13-17-30(18-14-19)25(32)21-7-3-1-4-8-21/h1,3-4,7-12,19,23H,2,5-6,13-18H2,(H,28,31). The van der Waals surface area contributed by atoms with Gasteiger partial charge < -0.3 is 15.1 Å². The normalized spacial score (nSPS) is 18.0. The average molecular weight is 452 g/mol. The fourth-order valence-corrected chi connectivity index (χ4v) is 4.72. The summed E-state index contributed by atoms with van der Waals surface area (Å²) in [5.41, 5.74) is 0.978. The fourth-order valence-electron chi connectivity index (χ4n) is 4.72. The highest BCUT2D eigenvalue weighted by atomic mass is 19.1. The molecule has 2 saturated heterocycles. The van der Waals surface area contributed by atoms with Gasteiger partial charge in [0.25, 0.3) is 11.8 Å². The Morgan fingerprint density at radius 2 is 1.42 bits per heavy atom. The molecule has 0 aromatic heterocycles. The first-order valence-corrected chi connectivity index (χ1v) is 11.7. The van der Waals surface area contributed by atoms with Gasteiger partial charge in [0, 0.05) is 37.3 Å². The Bertz CT molecular complexity index is 966. The zero-order valence-corrected chi connectivity index (χ0v) is 18.7. The van der Waals surface area contributed by atoms with Crippen LogP contribution >= 0.6 is 0 Å². The minimum Gasteiger partial charge on any atom is -0.341 e. The molecule has 2 aromatic rings. The molecule has 0 aliphatic carbocycles. The first-order valence-electron chi connectivity index (χ1n) is 11.7. The molecule has 2 fully saturated rings. The van der Waals surface area contributed by atoms with Crippen LogP contribution in [0.1, 0.15) is 52.8 Å². The van der Waals surface area contributed by atoms with Crippen LogP contribution in [0.25, 0.3) is 0 Å². The van der Waals surface area contributed by atoms with Crippen LogP contribution in [-0.2, 0) is 4.79 Å². The van der Waals surface area contributed by atoms with Crippen LogP contribution in [0.15, 0.2) is 54.6 Å². The van der Waals surface area contributed by atoms with Crippen LogP contribution in [0.5, 0.6) is 0 Å². The number of benzene rings is 2. The van der Waals surface area contributed by atoms with E-state index in [4.69, 9.17) is 0 Å². The number of rotatable bonds is 5. The summed E-state index contributed by atoms with van der Waals surface area (Å²) in [6, 6.07) is 13.9. The number of nitrogens with zero attached hydrogens (tertiary/aromatic N) is 2. The third-order valence-corrected chi connectivity index (χ3v) is 6.65. The monoisotopic (exact) mass is 451 g/mol. The van der Waals surface area contributed by atoms with E-state index < -0.39 is 11.9 Å². The zero-order chi connectivity index (χ0) is 23.2. The molecule has 3 amide bonds. The number of carbonyl (C=O) groups excluding carboxylic acids is 3. The molecule has 0 bridgehead atoms. The predicted octanol–water partition coefficient (Wildman–Crippen LogP) is 3.49. The molecule has 2 aliphatic heterocycles.